The van der Waals surface area contributed by atoms with Gasteiger partial charge in [-0.1, -0.05) is 28.1 Å². The number of carbonyl (C=O) groups is 1. The summed E-state index contributed by atoms with van der Waals surface area (Å²) >= 11 is 3.16. The predicted octanol–water partition coefficient (Wildman–Crippen LogP) is 4.85. The van der Waals surface area contributed by atoms with E-state index in [4.69, 9.17) is 0 Å². The summed E-state index contributed by atoms with van der Waals surface area (Å²) in [6.07, 6.45) is 0.408. The quantitative estimate of drug-likeness (QED) is 0.720. The van der Waals surface area contributed by atoms with Crippen molar-refractivity contribution in [1.82, 2.24) is 0 Å². The van der Waals surface area contributed by atoms with Crippen LogP contribution in [-0.4, -0.2) is 5.78 Å². The van der Waals surface area contributed by atoms with E-state index >= 15 is 0 Å². The normalized spacial score (nSPS) is 20.4. The molecule has 1 aliphatic rings. The van der Waals surface area contributed by atoms with Gasteiger partial charge in [0.25, 0.3) is 0 Å². The van der Waals surface area contributed by atoms with E-state index in [1.54, 1.807) is 12.1 Å². The van der Waals surface area contributed by atoms with E-state index in [0.29, 0.717) is 16.5 Å². The maximum Gasteiger partial charge on any atom is 0.172 e. The molecule has 0 heterocycles. The highest BCUT2D eigenvalue weighted by atomic mass is 79.9. The zero-order valence-electron chi connectivity index (χ0n) is 10.7. The molecule has 1 nitrogen and oxygen atoms in total. The molecule has 1 aliphatic carbocycles. The average molecular weight is 355 g/mol. The van der Waals surface area contributed by atoms with Crippen LogP contribution in [0.4, 0.5) is 13.2 Å². The van der Waals surface area contributed by atoms with E-state index in [9.17, 15) is 18.0 Å². The van der Waals surface area contributed by atoms with Gasteiger partial charge in [0.15, 0.2) is 5.78 Å². The number of ketones is 1. The molecule has 1 fully saturated rings. The van der Waals surface area contributed by atoms with Gasteiger partial charge in [-0.05, 0) is 42.2 Å². The highest BCUT2D eigenvalue weighted by molar-refractivity contribution is 9.10. The third kappa shape index (κ3) is 2.62. The third-order valence-electron chi connectivity index (χ3n) is 3.70. The van der Waals surface area contributed by atoms with E-state index in [0.717, 1.165) is 12.1 Å². The molecule has 0 amide bonds. The second kappa shape index (κ2) is 5.30. The molecule has 0 radical (unpaired) electrons. The summed E-state index contributed by atoms with van der Waals surface area (Å²) in [5.41, 5.74) is -0.115. The van der Waals surface area contributed by atoms with Crippen molar-refractivity contribution in [2.45, 2.75) is 12.3 Å². The first-order valence-corrected chi connectivity index (χ1v) is 7.21. The number of Topliss-reactive ketones (excluding diaryl/α,β-unsaturated/α-hetero) is 1. The lowest BCUT2D eigenvalue weighted by Gasteiger charge is -2.05. The van der Waals surface area contributed by atoms with Crippen LogP contribution >= 0.6 is 15.9 Å². The van der Waals surface area contributed by atoms with Gasteiger partial charge < -0.3 is 0 Å². The second-order valence-corrected chi connectivity index (χ2v) is 5.99. The van der Waals surface area contributed by atoms with Crippen molar-refractivity contribution in [3.05, 3.63) is 69.4 Å². The Morgan fingerprint density at radius 2 is 1.71 bits per heavy atom. The number of benzene rings is 2. The molecule has 1 saturated carbocycles. The van der Waals surface area contributed by atoms with Crippen molar-refractivity contribution in [3.8, 4) is 0 Å². The van der Waals surface area contributed by atoms with Gasteiger partial charge in [0.2, 0.25) is 0 Å². The van der Waals surface area contributed by atoms with Crippen LogP contribution in [0.3, 0.4) is 0 Å². The molecule has 0 spiro atoms. The Labute approximate surface area is 127 Å². The van der Waals surface area contributed by atoms with Gasteiger partial charge in [0.1, 0.15) is 17.5 Å². The fourth-order valence-electron chi connectivity index (χ4n) is 2.55. The lowest BCUT2D eigenvalue weighted by Crippen LogP contribution is -2.09. The number of carbonyl (C=O) groups excluding carboxylic acids is 1. The summed E-state index contributed by atoms with van der Waals surface area (Å²) in [5.74, 6) is -3.64. The first-order chi connectivity index (χ1) is 9.99. The van der Waals surface area contributed by atoms with Gasteiger partial charge in [0, 0.05) is 10.4 Å². The molecule has 0 saturated heterocycles. The summed E-state index contributed by atoms with van der Waals surface area (Å²) in [6, 6.07) is 7.90. The number of hydrogen-bond donors (Lipinski definition) is 0. The molecule has 21 heavy (non-hydrogen) atoms. The lowest BCUT2D eigenvalue weighted by molar-refractivity contribution is 0.0957. The van der Waals surface area contributed by atoms with E-state index < -0.39 is 34.7 Å². The van der Waals surface area contributed by atoms with Gasteiger partial charge >= 0.3 is 0 Å². The SMILES string of the molecule is O=C(c1c(F)cccc1F)C1CC1c1ccc(Br)cc1F. The molecule has 0 N–H and O–H groups in total. The molecule has 0 aliphatic heterocycles. The van der Waals surface area contributed by atoms with E-state index in [1.807, 2.05) is 0 Å². The molecule has 5 heteroatoms. The van der Waals surface area contributed by atoms with Crippen LogP contribution in [0.25, 0.3) is 0 Å². The Morgan fingerprint density at radius 3 is 2.33 bits per heavy atom. The molecule has 108 valence electrons. The van der Waals surface area contributed by atoms with E-state index in [1.165, 1.54) is 12.1 Å². The van der Waals surface area contributed by atoms with Gasteiger partial charge in [-0.3, -0.25) is 4.79 Å². The smallest absolute Gasteiger partial charge is 0.172 e. The Morgan fingerprint density at radius 1 is 1.05 bits per heavy atom. The fourth-order valence-corrected chi connectivity index (χ4v) is 2.88. The largest absolute Gasteiger partial charge is 0.294 e. The molecule has 3 rings (SSSR count). The molecule has 2 aromatic rings. The summed E-state index contributed by atoms with van der Waals surface area (Å²) in [7, 11) is 0. The zero-order valence-corrected chi connectivity index (χ0v) is 12.3. The Kier molecular flexibility index (Phi) is 3.61. The van der Waals surface area contributed by atoms with Crippen molar-refractivity contribution in [2.75, 3.05) is 0 Å². The van der Waals surface area contributed by atoms with Crippen molar-refractivity contribution < 1.29 is 18.0 Å². The second-order valence-electron chi connectivity index (χ2n) is 5.08. The average Bonchev–Trinajstić information content (AvgIpc) is 3.18. The van der Waals surface area contributed by atoms with Crippen LogP contribution in [0.2, 0.25) is 0 Å². The number of hydrogen-bond acceptors (Lipinski definition) is 1. The molecule has 0 bridgehead atoms. The van der Waals surface area contributed by atoms with Crippen LogP contribution in [0.15, 0.2) is 40.9 Å². The summed E-state index contributed by atoms with van der Waals surface area (Å²) in [4.78, 5) is 12.2. The highest BCUT2D eigenvalue weighted by Gasteiger charge is 2.46. The minimum Gasteiger partial charge on any atom is -0.294 e. The lowest BCUT2D eigenvalue weighted by atomic mass is 10.0. The molecular weight excluding hydrogens is 345 g/mol. The molecule has 2 unspecified atom stereocenters. The Balaban J connectivity index is 1.86. The Hall–Kier alpha value is -1.62. The van der Waals surface area contributed by atoms with Crippen LogP contribution in [0.5, 0.6) is 0 Å². The third-order valence-corrected chi connectivity index (χ3v) is 4.19. The number of rotatable bonds is 3. The maximum atomic E-state index is 13.8. The van der Waals surface area contributed by atoms with Gasteiger partial charge in [0.05, 0.1) is 5.56 Å². The molecule has 0 aromatic heterocycles. The van der Waals surface area contributed by atoms with Crippen LogP contribution < -0.4 is 0 Å². The van der Waals surface area contributed by atoms with Crippen LogP contribution in [0.1, 0.15) is 28.3 Å². The standard InChI is InChI=1S/C16H10BrF3O/c17-8-4-5-9(14(20)6-8)10-7-11(10)16(21)15-12(18)2-1-3-13(15)19/h1-6,10-11H,7H2. The van der Waals surface area contributed by atoms with E-state index in [2.05, 4.69) is 15.9 Å². The first kappa shape index (κ1) is 14.3. The van der Waals surface area contributed by atoms with Gasteiger partial charge in [-0.25, -0.2) is 13.2 Å². The molecular formula is C16H10BrF3O. The van der Waals surface area contributed by atoms with Crippen molar-refractivity contribution >= 4 is 21.7 Å². The Bertz CT molecular complexity index is 709. The minimum atomic E-state index is -0.873. The van der Waals surface area contributed by atoms with Crippen LogP contribution in [0, 0.1) is 23.4 Å². The molecule has 2 aromatic carbocycles. The summed E-state index contributed by atoms with van der Waals surface area (Å²) in [6.45, 7) is 0. The fraction of sp³-hybridized carbons (Fsp3) is 0.188. The highest BCUT2D eigenvalue weighted by Crippen LogP contribution is 2.50. The summed E-state index contributed by atoms with van der Waals surface area (Å²) in [5, 5.41) is 0. The minimum absolute atomic E-state index is 0.315. The molecule has 2 atom stereocenters. The summed E-state index contributed by atoms with van der Waals surface area (Å²) < 4.78 is 41.7. The van der Waals surface area contributed by atoms with Gasteiger partial charge in [-0.15, -0.1) is 0 Å². The monoisotopic (exact) mass is 354 g/mol. The maximum absolute atomic E-state index is 13.8. The van der Waals surface area contributed by atoms with E-state index in [-0.39, 0.29) is 5.92 Å². The van der Waals surface area contributed by atoms with Crippen LogP contribution in [-0.2, 0) is 0 Å². The zero-order chi connectivity index (χ0) is 15.1. The number of halogens is 4. The predicted molar refractivity (Wildman–Crippen MR) is 75.6 cm³/mol. The van der Waals surface area contributed by atoms with Crippen molar-refractivity contribution in [2.24, 2.45) is 5.92 Å². The van der Waals surface area contributed by atoms with Crippen molar-refractivity contribution in [3.63, 3.8) is 0 Å². The van der Waals surface area contributed by atoms with Gasteiger partial charge in [-0.2, -0.15) is 0 Å². The van der Waals surface area contributed by atoms with Crippen molar-refractivity contribution in [1.29, 1.82) is 0 Å². The topological polar surface area (TPSA) is 17.1 Å². The first-order valence-electron chi connectivity index (χ1n) is 6.42.